The third-order valence-corrected chi connectivity index (χ3v) is 5.35. The molecular weight excluding hydrogens is 434 g/mol. The minimum absolute atomic E-state index is 0.0562. The smallest absolute Gasteiger partial charge is 0.315 e. The molecular formula is C22H26BrN3O3. The van der Waals surface area contributed by atoms with Gasteiger partial charge in [0.05, 0.1) is 12.6 Å². The minimum atomic E-state index is -0.635. The van der Waals surface area contributed by atoms with Crippen molar-refractivity contribution in [3.05, 3.63) is 64.1 Å². The lowest BCUT2D eigenvalue weighted by Crippen LogP contribution is -2.53. The molecule has 1 aliphatic rings. The van der Waals surface area contributed by atoms with Crippen LogP contribution in [0.3, 0.4) is 0 Å². The number of hydrogen-bond acceptors (Lipinski definition) is 3. The summed E-state index contributed by atoms with van der Waals surface area (Å²) < 4.78 is 6.62. The molecule has 0 fully saturated rings. The van der Waals surface area contributed by atoms with E-state index in [0.29, 0.717) is 19.6 Å². The Bertz CT molecular complexity index is 858. The molecule has 1 heterocycles. The van der Waals surface area contributed by atoms with Crippen molar-refractivity contribution in [1.82, 2.24) is 16.0 Å². The highest BCUT2D eigenvalue weighted by molar-refractivity contribution is 9.10. The summed E-state index contributed by atoms with van der Waals surface area (Å²) in [6, 6.07) is 14.3. The molecule has 154 valence electrons. The average molecular weight is 460 g/mol. The fourth-order valence-corrected chi connectivity index (χ4v) is 3.66. The summed E-state index contributed by atoms with van der Waals surface area (Å²) in [6.45, 7) is 4.77. The van der Waals surface area contributed by atoms with Gasteiger partial charge in [-0.2, -0.15) is 0 Å². The van der Waals surface area contributed by atoms with E-state index in [2.05, 4.69) is 31.9 Å². The molecule has 7 heteroatoms. The quantitative estimate of drug-likeness (QED) is 0.612. The Balaban J connectivity index is 1.61. The van der Waals surface area contributed by atoms with Gasteiger partial charge in [-0.3, -0.25) is 4.79 Å². The van der Waals surface area contributed by atoms with E-state index < -0.39 is 6.04 Å². The molecule has 0 saturated carbocycles. The molecule has 0 aromatic heterocycles. The van der Waals surface area contributed by atoms with Gasteiger partial charge in [-0.1, -0.05) is 60.1 Å². The minimum Gasteiger partial charge on any atom is -0.493 e. The number of halogens is 1. The van der Waals surface area contributed by atoms with Crippen molar-refractivity contribution in [3.8, 4) is 5.75 Å². The molecule has 0 aliphatic carbocycles. The average Bonchev–Trinajstić information content (AvgIpc) is 2.71. The van der Waals surface area contributed by atoms with E-state index in [-0.39, 0.29) is 23.9 Å². The zero-order valence-electron chi connectivity index (χ0n) is 16.6. The first-order valence-corrected chi connectivity index (χ1v) is 10.5. The Morgan fingerprint density at radius 1 is 1.17 bits per heavy atom. The molecule has 0 bridgehead atoms. The number of hydrogen-bond donors (Lipinski definition) is 3. The summed E-state index contributed by atoms with van der Waals surface area (Å²) in [5.74, 6) is 0.520. The molecule has 0 saturated heterocycles. The second kappa shape index (κ2) is 9.78. The predicted octanol–water partition coefficient (Wildman–Crippen LogP) is 3.91. The van der Waals surface area contributed by atoms with Crippen LogP contribution in [0.4, 0.5) is 4.79 Å². The highest BCUT2D eigenvalue weighted by Crippen LogP contribution is 2.34. The van der Waals surface area contributed by atoms with E-state index >= 15 is 0 Å². The van der Waals surface area contributed by atoms with Crippen LogP contribution in [0.15, 0.2) is 53.0 Å². The fraction of sp³-hybridized carbons (Fsp3) is 0.364. The van der Waals surface area contributed by atoms with Crippen molar-refractivity contribution >= 4 is 27.9 Å². The van der Waals surface area contributed by atoms with Crippen molar-refractivity contribution in [2.75, 3.05) is 6.61 Å². The molecule has 0 spiro atoms. The zero-order chi connectivity index (χ0) is 20.8. The maximum Gasteiger partial charge on any atom is 0.315 e. The summed E-state index contributed by atoms with van der Waals surface area (Å²) in [5.41, 5.74) is 1.94. The Hall–Kier alpha value is -2.54. The Morgan fingerprint density at radius 2 is 1.93 bits per heavy atom. The molecule has 3 N–H and O–H groups in total. The number of urea groups is 1. The summed E-state index contributed by atoms with van der Waals surface area (Å²) in [4.78, 5) is 25.3. The highest BCUT2D eigenvalue weighted by Gasteiger charge is 2.29. The number of carbonyl (C=O) groups excluding carboxylic acids is 2. The number of benzene rings is 2. The lowest BCUT2D eigenvalue weighted by Gasteiger charge is -2.29. The molecule has 29 heavy (non-hydrogen) atoms. The Morgan fingerprint density at radius 3 is 2.66 bits per heavy atom. The molecule has 2 aromatic carbocycles. The van der Waals surface area contributed by atoms with E-state index in [0.717, 1.165) is 21.3 Å². The maximum atomic E-state index is 13.0. The van der Waals surface area contributed by atoms with Gasteiger partial charge in [-0.25, -0.2) is 4.79 Å². The third kappa shape index (κ3) is 5.73. The van der Waals surface area contributed by atoms with Gasteiger partial charge in [-0.15, -0.1) is 0 Å². The summed E-state index contributed by atoms with van der Waals surface area (Å²) >= 11 is 3.47. The number of carbonyl (C=O) groups is 2. The van der Waals surface area contributed by atoms with Crippen LogP contribution in [0.2, 0.25) is 0 Å². The Kier molecular flexibility index (Phi) is 7.14. The second-order valence-electron chi connectivity index (χ2n) is 7.41. The largest absolute Gasteiger partial charge is 0.493 e. The molecule has 2 unspecified atom stereocenters. The van der Waals surface area contributed by atoms with Crippen molar-refractivity contribution in [1.29, 1.82) is 0 Å². The van der Waals surface area contributed by atoms with Crippen molar-refractivity contribution in [2.24, 2.45) is 5.92 Å². The highest BCUT2D eigenvalue weighted by atomic mass is 79.9. The molecule has 3 rings (SSSR count). The van der Waals surface area contributed by atoms with Crippen LogP contribution in [0.25, 0.3) is 0 Å². The van der Waals surface area contributed by atoms with E-state index in [9.17, 15) is 9.59 Å². The van der Waals surface area contributed by atoms with Crippen molar-refractivity contribution in [2.45, 2.75) is 38.9 Å². The zero-order valence-corrected chi connectivity index (χ0v) is 18.2. The first-order chi connectivity index (χ1) is 13.9. The first kappa shape index (κ1) is 21.2. The van der Waals surface area contributed by atoms with Crippen LogP contribution >= 0.6 is 15.9 Å². The third-order valence-electron chi connectivity index (χ3n) is 4.86. The topological polar surface area (TPSA) is 79.5 Å². The number of rotatable bonds is 6. The molecule has 2 aromatic rings. The molecule has 3 amide bonds. The number of fused-ring (bicyclic) bond motifs is 1. The SMILES string of the molecule is CC(C)C(NC(=O)NCc1ccccc1)C(=O)NC1CCOc2ccc(Br)cc21. The van der Waals surface area contributed by atoms with Crippen molar-refractivity contribution in [3.63, 3.8) is 0 Å². The van der Waals surface area contributed by atoms with E-state index in [4.69, 9.17) is 4.74 Å². The molecule has 1 aliphatic heterocycles. The molecule has 6 nitrogen and oxygen atoms in total. The molecule has 2 atom stereocenters. The second-order valence-corrected chi connectivity index (χ2v) is 8.33. The van der Waals surface area contributed by atoms with Crippen LogP contribution in [0.5, 0.6) is 5.75 Å². The summed E-state index contributed by atoms with van der Waals surface area (Å²) in [5, 5.41) is 8.70. The first-order valence-electron chi connectivity index (χ1n) is 9.75. The number of ether oxygens (including phenoxy) is 1. The van der Waals surface area contributed by atoms with Crippen molar-refractivity contribution < 1.29 is 14.3 Å². The van der Waals surface area contributed by atoms with E-state index in [1.54, 1.807) is 0 Å². The number of nitrogens with one attached hydrogen (secondary N) is 3. The van der Waals surface area contributed by atoms with Gasteiger partial charge in [0.25, 0.3) is 0 Å². The van der Waals surface area contributed by atoms with Gasteiger partial charge in [0.2, 0.25) is 5.91 Å². The van der Waals surface area contributed by atoms with Gasteiger partial charge in [0.1, 0.15) is 11.8 Å². The fourth-order valence-electron chi connectivity index (χ4n) is 3.28. The van der Waals surface area contributed by atoms with Gasteiger partial charge in [0.15, 0.2) is 0 Å². The standard InChI is InChI=1S/C22H26BrN3O3/c1-14(2)20(26-22(28)24-13-15-6-4-3-5-7-15)21(27)25-18-10-11-29-19-9-8-16(23)12-17(18)19/h3-9,12,14,18,20H,10-11,13H2,1-2H3,(H,25,27)(H2,24,26,28). The van der Waals surface area contributed by atoms with Gasteiger partial charge < -0.3 is 20.7 Å². The van der Waals surface area contributed by atoms with E-state index in [1.165, 1.54) is 0 Å². The van der Waals surface area contributed by atoms with Gasteiger partial charge in [-0.05, 0) is 29.7 Å². The predicted molar refractivity (Wildman–Crippen MR) is 116 cm³/mol. The van der Waals surface area contributed by atoms with Gasteiger partial charge in [0, 0.05) is 23.0 Å². The van der Waals surface area contributed by atoms with Crippen LogP contribution < -0.4 is 20.7 Å². The maximum absolute atomic E-state index is 13.0. The van der Waals surface area contributed by atoms with Crippen LogP contribution in [-0.4, -0.2) is 24.6 Å². The Labute approximate surface area is 179 Å². The van der Waals surface area contributed by atoms with E-state index in [1.807, 2.05) is 62.4 Å². The van der Waals surface area contributed by atoms with Crippen LogP contribution in [0, 0.1) is 5.92 Å². The lowest BCUT2D eigenvalue weighted by atomic mass is 9.98. The lowest BCUT2D eigenvalue weighted by molar-refractivity contribution is -0.124. The van der Waals surface area contributed by atoms with Gasteiger partial charge >= 0.3 is 6.03 Å². The monoisotopic (exact) mass is 459 g/mol. The van der Waals surface area contributed by atoms with Crippen LogP contribution in [-0.2, 0) is 11.3 Å². The number of amides is 3. The van der Waals surface area contributed by atoms with Crippen LogP contribution in [0.1, 0.15) is 37.4 Å². The molecule has 0 radical (unpaired) electrons. The summed E-state index contributed by atoms with van der Waals surface area (Å²) in [7, 11) is 0. The summed E-state index contributed by atoms with van der Waals surface area (Å²) in [6.07, 6.45) is 0.681. The normalized spacial score (nSPS) is 16.3.